The highest BCUT2D eigenvalue weighted by molar-refractivity contribution is 6.25. The van der Waals surface area contributed by atoms with Crippen LogP contribution in [0.4, 0.5) is 0 Å². The van der Waals surface area contributed by atoms with E-state index in [2.05, 4.69) is 206 Å². The van der Waals surface area contributed by atoms with Gasteiger partial charge in [-0.3, -0.25) is 0 Å². The minimum Gasteiger partial charge on any atom is -0.0619 e. The second-order valence-corrected chi connectivity index (χ2v) is 17.5. The zero-order valence-corrected chi connectivity index (χ0v) is 33.1. The zero-order valence-electron chi connectivity index (χ0n) is 33.1. The minimum atomic E-state index is -0.471. The highest BCUT2D eigenvalue weighted by Crippen LogP contribution is 2.64. The molecule has 61 heavy (non-hydrogen) atoms. The lowest BCUT2D eigenvalue weighted by atomic mass is 9.69. The van der Waals surface area contributed by atoms with E-state index in [1.54, 1.807) is 0 Å². The van der Waals surface area contributed by atoms with E-state index in [-0.39, 0.29) is 0 Å². The third-order valence-electron chi connectivity index (χ3n) is 14.7. The number of benzene rings is 13. The second-order valence-electron chi connectivity index (χ2n) is 17.5. The smallest absolute Gasteiger partial charge is 0.0619 e. The Kier molecular flexibility index (Phi) is 5.93. The lowest BCUT2D eigenvalue weighted by Gasteiger charge is -2.32. The summed E-state index contributed by atoms with van der Waals surface area (Å²) in [6.07, 6.45) is 0. The summed E-state index contributed by atoms with van der Waals surface area (Å²) in [6.45, 7) is 0. The molecule has 0 nitrogen and oxygen atoms in total. The molecule has 0 saturated heterocycles. The highest BCUT2D eigenvalue weighted by atomic mass is 14.5. The van der Waals surface area contributed by atoms with Gasteiger partial charge in [0, 0.05) is 0 Å². The predicted octanol–water partition coefficient (Wildman–Crippen LogP) is 16.3. The Morgan fingerprint density at radius 1 is 0.230 bits per heavy atom. The van der Waals surface area contributed by atoms with Gasteiger partial charge in [-0.05, 0) is 179 Å². The molecule has 2 aliphatic carbocycles. The fraction of sp³-hybridized carbons (Fsp3) is 0.0164. The number of hydrogen-bond acceptors (Lipinski definition) is 0. The molecule has 0 unspecified atom stereocenters. The van der Waals surface area contributed by atoms with Gasteiger partial charge in [0.05, 0.1) is 5.41 Å². The third kappa shape index (κ3) is 4.01. The van der Waals surface area contributed by atoms with E-state index in [1.807, 2.05) is 0 Å². The van der Waals surface area contributed by atoms with Gasteiger partial charge >= 0.3 is 0 Å². The van der Waals surface area contributed by atoms with Crippen molar-refractivity contribution in [2.45, 2.75) is 5.41 Å². The molecule has 0 radical (unpaired) electrons. The minimum absolute atomic E-state index is 0.471. The molecule has 0 aromatic heterocycles. The van der Waals surface area contributed by atoms with Crippen molar-refractivity contribution in [1.82, 2.24) is 0 Å². The van der Waals surface area contributed by atoms with Crippen LogP contribution in [0.25, 0.3) is 120 Å². The van der Waals surface area contributed by atoms with Crippen LogP contribution in [-0.4, -0.2) is 0 Å². The van der Waals surface area contributed by atoms with E-state index in [0.717, 1.165) is 0 Å². The maximum atomic E-state index is 2.53. The summed E-state index contributed by atoms with van der Waals surface area (Å²) in [5, 5.41) is 18.4. The summed E-state index contributed by atoms with van der Waals surface area (Å²) in [5.41, 5.74) is 15.3. The first-order chi connectivity index (χ1) is 30.2. The fourth-order valence-corrected chi connectivity index (χ4v) is 12.2. The lowest BCUT2D eigenvalue weighted by Crippen LogP contribution is -2.26. The standard InChI is InChI=1S/C61H34/c1-3-13-53-49(11-1)50-12-2-4-14-54(50)61(53)55-34-40(47-32-44-21-17-37-9-6-10-38-18-22-45(33-47)59(44)57(37)38)24-27-51(55)52-28-25-41-29-39(23-26-48(41)60(52)61)46-30-42-19-15-35-7-5-8-36-16-20-43(31-46)58(42)56(35)36/h1-34H. The summed E-state index contributed by atoms with van der Waals surface area (Å²) in [4.78, 5) is 0. The van der Waals surface area contributed by atoms with Crippen molar-refractivity contribution in [1.29, 1.82) is 0 Å². The van der Waals surface area contributed by atoms with Crippen LogP contribution in [0.2, 0.25) is 0 Å². The van der Waals surface area contributed by atoms with E-state index in [1.165, 1.54) is 142 Å². The monoisotopic (exact) mass is 766 g/mol. The molecular formula is C61H34. The van der Waals surface area contributed by atoms with Crippen LogP contribution >= 0.6 is 0 Å². The fourth-order valence-electron chi connectivity index (χ4n) is 12.2. The van der Waals surface area contributed by atoms with Gasteiger partial charge in [0.15, 0.2) is 0 Å². The van der Waals surface area contributed by atoms with Crippen LogP contribution in [0.1, 0.15) is 22.3 Å². The Balaban J connectivity index is 0.965. The first-order valence-electron chi connectivity index (χ1n) is 21.5. The molecule has 0 heteroatoms. The molecule has 0 fully saturated rings. The van der Waals surface area contributed by atoms with Gasteiger partial charge in [-0.2, -0.15) is 0 Å². The average Bonchev–Trinajstić information content (AvgIpc) is 3.79. The van der Waals surface area contributed by atoms with E-state index >= 15 is 0 Å². The Morgan fingerprint density at radius 3 is 1.16 bits per heavy atom. The predicted molar refractivity (Wildman–Crippen MR) is 259 cm³/mol. The Morgan fingerprint density at radius 2 is 0.623 bits per heavy atom. The summed E-state index contributed by atoms with van der Waals surface area (Å²) >= 11 is 0. The van der Waals surface area contributed by atoms with Gasteiger partial charge in [0.2, 0.25) is 0 Å². The Labute approximate surface area is 352 Å². The maximum Gasteiger partial charge on any atom is 0.0731 e. The average molecular weight is 767 g/mol. The first kappa shape index (κ1) is 32.1. The highest BCUT2D eigenvalue weighted by Gasteiger charge is 2.52. The molecule has 0 heterocycles. The molecule has 0 aliphatic heterocycles. The number of fused-ring (bicyclic) bond motifs is 12. The van der Waals surface area contributed by atoms with Crippen molar-refractivity contribution in [2.24, 2.45) is 0 Å². The summed E-state index contributed by atoms with van der Waals surface area (Å²) in [6, 6.07) is 78.9. The van der Waals surface area contributed by atoms with Crippen LogP contribution < -0.4 is 0 Å². The Bertz CT molecular complexity index is 3880. The van der Waals surface area contributed by atoms with Gasteiger partial charge in [0.1, 0.15) is 0 Å². The molecule has 1 spiro atoms. The topological polar surface area (TPSA) is 0 Å². The number of rotatable bonds is 2. The van der Waals surface area contributed by atoms with E-state index < -0.39 is 5.41 Å². The van der Waals surface area contributed by atoms with Crippen molar-refractivity contribution in [2.75, 3.05) is 0 Å². The lowest BCUT2D eigenvalue weighted by molar-refractivity contribution is 0.801. The maximum absolute atomic E-state index is 2.53. The molecular weight excluding hydrogens is 733 g/mol. The van der Waals surface area contributed by atoms with Gasteiger partial charge in [-0.25, -0.2) is 0 Å². The van der Waals surface area contributed by atoms with Crippen molar-refractivity contribution >= 4 is 75.4 Å². The van der Waals surface area contributed by atoms with Crippen molar-refractivity contribution in [3.05, 3.63) is 229 Å². The quantitative estimate of drug-likeness (QED) is 0.154. The van der Waals surface area contributed by atoms with Crippen molar-refractivity contribution in [3.63, 3.8) is 0 Å². The van der Waals surface area contributed by atoms with Gasteiger partial charge in [-0.15, -0.1) is 0 Å². The van der Waals surface area contributed by atoms with E-state index in [0.29, 0.717) is 0 Å². The van der Waals surface area contributed by atoms with Crippen LogP contribution in [0.5, 0.6) is 0 Å². The third-order valence-corrected chi connectivity index (χ3v) is 14.7. The second kappa shape index (κ2) is 11.3. The Hall–Kier alpha value is -7.80. The first-order valence-corrected chi connectivity index (χ1v) is 21.5. The van der Waals surface area contributed by atoms with Gasteiger partial charge < -0.3 is 0 Å². The molecule has 13 aromatic rings. The molecule has 0 amide bonds. The number of hydrogen-bond donors (Lipinski definition) is 0. The van der Waals surface area contributed by atoms with Gasteiger partial charge in [0.25, 0.3) is 0 Å². The summed E-state index contributed by atoms with van der Waals surface area (Å²) in [5.74, 6) is 0. The largest absolute Gasteiger partial charge is 0.0731 e. The van der Waals surface area contributed by atoms with E-state index in [9.17, 15) is 0 Å². The van der Waals surface area contributed by atoms with Crippen molar-refractivity contribution < 1.29 is 0 Å². The summed E-state index contributed by atoms with van der Waals surface area (Å²) < 4.78 is 0. The summed E-state index contributed by atoms with van der Waals surface area (Å²) in [7, 11) is 0. The molecule has 0 saturated carbocycles. The molecule has 0 atom stereocenters. The zero-order chi connectivity index (χ0) is 39.6. The van der Waals surface area contributed by atoms with E-state index in [4.69, 9.17) is 0 Å². The van der Waals surface area contributed by atoms with Crippen LogP contribution in [0.3, 0.4) is 0 Å². The molecule has 0 bridgehead atoms. The molecule has 15 rings (SSSR count). The van der Waals surface area contributed by atoms with Gasteiger partial charge in [-0.1, -0.05) is 170 Å². The molecule has 2 aliphatic rings. The van der Waals surface area contributed by atoms with Crippen LogP contribution in [0, 0.1) is 0 Å². The SMILES string of the molecule is c1ccc2c(c1)-c1ccccc1C21c2cc(-c3cc4ccc5cccc6ccc(c3)c4c56)ccc2-c2ccc3cc(-c4cc5ccc6cccc7ccc(c4)c5c67)ccc3c21. The molecule has 278 valence electrons. The molecule has 0 N–H and O–H groups in total. The van der Waals surface area contributed by atoms with Crippen LogP contribution in [0.15, 0.2) is 206 Å². The normalized spacial score (nSPS) is 13.7. The van der Waals surface area contributed by atoms with Crippen LogP contribution in [-0.2, 0) is 5.41 Å². The molecule has 13 aromatic carbocycles. The van der Waals surface area contributed by atoms with Crippen molar-refractivity contribution in [3.8, 4) is 44.5 Å².